The number of halogens is 5. The molecule has 1 aromatic rings. The predicted molar refractivity (Wildman–Crippen MR) is 40.9 cm³/mol. The fourth-order valence-electron chi connectivity index (χ4n) is 0.791. The summed E-state index contributed by atoms with van der Waals surface area (Å²) >= 11 is 2.84. The molecule has 6 heteroatoms. The fourth-order valence-corrected chi connectivity index (χ4v) is 1.15. The number of hydrogen-bond acceptors (Lipinski definition) is 1. The van der Waals surface area contributed by atoms with Gasteiger partial charge in [-0.25, -0.2) is 0 Å². The topological polar surface area (TPSA) is 9.23 Å². The second-order valence-corrected chi connectivity index (χ2v) is 3.13. The first-order valence-corrected chi connectivity index (χ1v) is 3.90. The molecule has 0 heterocycles. The maximum absolute atomic E-state index is 12.1. The Balaban J connectivity index is 3.24. The highest BCUT2D eigenvalue weighted by Gasteiger charge is 2.35. The first-order chi connectivity index (χ1) is 5.95. The van der Waals surface area contributed by atoms with Gasteiger partial charge in [0.25, 0.3) is 0 Å². The SMILES string of the molecule is FOc1ccc(Br)cc1C(F)(F)F. The number of alkyl halides is 3. The molecule has 72 valence electrons. The van der Waals surface area contributed by atoms with Gasteiger partial charge in [0, 0.05) is 9.00 Å². The maximum atomic E-state index is 12.1. The third-order valence-electron chi connectivity index (χ3n) is 1.33. The first-order valence-electron chi connectivity index (χ1n) is 3.10. The van der Waals surface area contributed by atoms with Gasteiger partial charge in [-0.3, -0.25) is 4.94 Å². The standard InChI is InChI=1S/C7H3BrF4O/c8-4-1-2-6(13-12)5(3-4)7(9,10)11/h1-3H. The van der Waals surface area contributed by atoms with Crippen LogP contribution in [0.15, 0.2) is 22.7 Å². The van der Waals surface area contributed by atoms with Gasteiger partial charge in [0.1, 0.15) is 5.56 Å². The van der Waals surface area contributed by atoms with Gasteiger partial charge in [0.15, 0.2) is 5.75 Å². The highest BCUT2D eigenvalue weighted by molar-refractivity contribution is 9.10. The maximum Gasteiger partial charge on any atom is 0.420 e. The van der Waals surface area contributed by atoms with E-state index in [9.17, 15) is 17.7 Å². The third kappa shape index (κ3) is 2.33. The molecule has 0 aliphatic heterocycles. The van der Waals surface area contributed by atoms with E-state index in [1.165, 1.54) is 6.07 Å². The molecule has 1 nitrogen and oxygen atoms in total. The van der Waals surface area contributed by atoms with Gasteiger partial charge in [-0.05, 0) is 18.2 Å². The van der Waals surface area contributed by atoms with Gasteiger partial charge < -0.3 is 0 Å². The highest BCUT2D eigenvalue weighted by atomic mass is 79.9. The Kier molecular flexibility index (Phi) is 2.80. The van der Waals surface area contributed by atoms with E-state index in [1.54, 1.807) is 0 Å². The Hall–Kier alpha value is -0.780. The zero-order valence-electron chi connectivity index (χ0n) is 6.03. The normalized spacial score (nSPS) is 11.5. The average molecular weight is 259 g/mol. The van der Waals surface area contributed by atoms with Crippen molar-refractivity contribution in [1.29, 1.82) is 0 Å². The summed E-state index contributed by atoms with van der Waals surface area (Å²) < 4.78 is 48.3. The van der Waals surface area contributed by atoms with Crippen molar-refractivity contribution in [3.8, 4) is 5.75 Å². The zero-order chi connectivity index (χ0) is 10.1. The van der Waals surface area contributed by atoms with Crippen LogP contribution in [0.2, 0.25) is 0 Å². The fraction of sp³-hybridized carbons (Fsp3) is 0.143. The van der Waals surface area contributed by atoms with Gasteiger partial charge >= 0.3 is 6.18 Å². The van der Waals surface area contributed by atoms with Crippen LogP contribution in [0.25, 0.3) is 0 Å². The number of hydrogen-bond donors (Lipinski definition) is 0. The predicted octanol–water partition coefficient (Wildman–Crippen LogP) is 3.73. The molecule has 0 N–H and O–H groups in total. The molecule has 0 bridgehead atoms. The van der Waals surface area contributed by atoms with Crippen molar-refractivity contribution in [3.05, 3.63) is 28.2 Å². The molecular weight excluding hydrogens is 256 g/mol. The summed E-state index contributed by atoms with van der Waals surface area (Å²) in [5, 5.41) is 0. The van der Waals surface area contributed by atoms with Crippen molar-refractivity contribution in [2.75, 3.05) is 0 Å². The van der Waals surface area contributed by atoms with Crippen LogP contribution in [-0.2, 0) is 6.18 Å². The molecule has 0 atom stereocenters. The van der Waals surface area contributed by atoms with E-state index in [2.05, 4.69) is 20.9 Å². The Morgan fingerprint density at radius 3 is 2.31 bits per heavy atom. The van der Waals surface area contributed by atoms with Crippen molar-refractivity contribution in [3.63, 3.8) is 0 Å². The largest absolute Gasteiger partial charge is 0.420 e. The molecule has 1 rings (SSSR count). The minimum atomic E-state index is -4.62. The summed E-state index contributed by atoms with van der Waals surface area (Å²) in [6.45, 7) is 0. The Labute approximate surface area is 79.3 Å². The van der Waals surface area contributed by atoms with Crippen LogP contribution in [0, 0.1) is 0 Å². The van der Waals surface area contributed by atoms with Crippen molar-refractivity contribution in [2.24, 2.45) is 0 Å². The van der Waals surface area contributed by atoms with Crippen molar-refractivity contribution < 1.29 is 22.6 Å². The van der Waals surface area contributed by atoms with E-state index in [-0.39, 0.29) is 4.47 Å². The average Bonchev–Trinajstić information content (AvgIpc) is 2.03. The molecule has 13 heavy (non-hydrogen) atoms. The van der Waals surface area contributed by atoms with Crippen molar-refractivity contribution in [1.82, 2.24) is 0 Å². The number of rotatable bonds is 1. The van der Waals surface area contributed by atoms with Gasteiger partial charge in [0.2, 0.25) is 0 Å². The van der Waals surface area contributed by atoms with E-state index in [0.29, 0.717) is 0 Å². The Bertz CT molecular complexity index is 310. The van der Waals surface area contributed by atoms with Crippen LogP contribution < -0.4 is 4.94 Å². The molecule has 0 aliphatic carbocycles. The van der Waals surface area contributed by atoms with E-state index >= 15 is 0 Å². The Morgan fingerprint density at radius 1 is 1.23 bits per heavy atom. The van der Waals surface area contributed by atoms with Gasteiger partial charge in [0.05, 0.1) is 0 Å². The summed E-state index contributed by atoms with van der Waals surface area (Å²) in [5.74, 6) is -0.837. The summed E-state index contributed by atoms with van der Waals surface area (Å²) in [4.78, 5) is 3.09. The van der Waals surface area contributed by atoms with Gasteiger partial charge in [-0.15, -0.1) is 0 Å². The minimum Gasteiger partial charge on any atom is -0.294 e. The van der Waals surface area contributed by atoms with Crippen LogP contribution in [0.4, 0.5) is 17.7 Å². The molecule has 0 saturated carbocycles. The summed E-state index contributed by atoms with van der Waals surface area (Å²) in [6.07, 6.45) is -4.62. The van der Waals surface area contributed by atoms with E-state index in [0.717, 1.165) is 12.1 Å². The molecule has 0 spiro atoms. The minimum absolute atomic E-state index is 0.209. The van der Waals surface area contributed by atoms with Gasteiger partial charge in [-0.1, -0.05) is 15.9 Å². The van der Waals surface area contributed by atoms with Crippen LogP contribution >= 0.6 is 15.9 Å². The smallest absolute Gasteiger partial charge is 0.294 e. The lowest BCUT2D eigenvalue weighted by molar-refractivity contribution is -0.142. The van der Waals surface area contributed by atoms with Crippen LogP contribution in [0.5, 0.6) is 5.75 Å². The molecule has 0 saturated heterocycles. The molecule has 0 fully saturated rings. The molecular formula is C7H3BrF4O. The summed E-state index contributed by atoms with van der Waals surface area (Å²) in [5.41, 5.74) is -1.15. The lowest BCUT2D eigenvalue weighted by atomic mass is 10.2. The molecule has 1 aromatic carbocycles. The third-order valence-corrected chi connectivity index (χ3v) is 1.82. The van der Waals surface area contributed by atoms with Crippen LogP contribution in [0.3, 0.4) is 0 Å². The van der Waals surface area contributed by atoms with Crippen LogP contribution in [0.1, 0.15) is 5.56 Å². The van der Waals surface area contributed by atoms with Crippen molar-refractivity contribution in [2.45, 2.75) is 6.18 Å². The summed E-state index contributed by atoms with van der Waals surface area (Å²) in [6, 6.07) is 2.89. The summed E-state index contributed by atoms with van der Waals surface area (Å²) in [7, 11) is 0. The second kappa shape index (κ2) is 3.53. The number of benzene rings is 1. The van der Waals surface area contributed by atoms with E-state index in [1.807, 2.05) is 0 Å². The van der Waals surface area contributed by atoms with Crippen molar-refractivity contribution >= 4 is 15.9 Å². The Morgan fingerprint density at radius 2 is 1.85 bits per heavy atom. The van der Waals surface area contributed by atoms with E-state index in [4.69, 9.17) is 0 Å². The monoisotopic (exact) mass is 258 g/mol. The highest BCUT2D eigenvalue weighted by Crippen LogP contribution is 2.37. The zero-order valence-corrected chi connectivity index (χ0v) is 7.62. The molecule has 0 unspecified atom stereocenters. The van der Waals surface area contributed by atoms with Gasteiger partial charge in [-0.2, -0.15) is 13.2 Å². The second-order valence-electron chi connectivity index (χ2n) is 2.22. The lowest BCUT2D eigenvalue weighted by Gasteiger charge is -2.08. The molecule has 0 amide bonds. The molecule has 0 aliphatic rings. The first kappa shape index (κ1) is 10.3. The molecule has 0 radical (unpaired) electrons. The lowest BCUT2D eigenvalue weighted by Crippen LogP contribution is -2.06. The van der Waals surface area contributed by atoms with Crippen LogP contribution in [-0.4, -0.2) is 0 Å². The quantitative estimate of drug-likeness (QED) is 0.698. The van der Waals surface area contributed by atoms with E-state index < -0.39 is 17.5 Å². The molecule has 0 aromatic heterocycles.